The molecule has 0 atom stereocenters. The highest BCUT2D eigenvalue weighted by Crippen LogP contribution is 2.09. The average Bonchev–Trinajstić information content (AvgIpc) is 3.00. The van der Waals surface area contributed by atoms with Crippen LogP contribution in [0.25, 0.3) is 0 Å². The lowest BCUT2D eigenvalue weighted by atomic mass is 10.1. The highest BCUT2D eigenvalue weighted by Gasteiger charge is 2.17. The predicted molar refractivity (Wildman–Crippen MR) is 78.2 cm³/mol. The van der Waals surface area contributed by atoms with Gasteiger partial charge in [-0.05, 0) is 30.9 Å². The van der Waals surface area contributed by atoms with E-state index in [4.69, 9.17) is 0 Å². The standard InChI is InChI=1S/C16H21FN2O2/c17-14-6-2-1-5-13(14)7-8-15(20)18-10-9-16(21)19-11-3-4-12-19/h1-2,5-6H,3-4,7-12H2,(H,18,20). The number of aryl methyl sites for hydroxylation is 1. The van der Waals surface area contributed by atoms with Gasteiger partial charge in [-0.1, -0.05) is 18.2 Å². The van der Waals surface area contributed by atoms with Crippen LogP contribution in [0.2, 0.25) is 0 Å². The Hall–Kier alpha value is -1.91. The minimum Gasteiger partial charge on any atom is -0.356 e. The largest absolute Gasteiger partial charge is 0.356 e. The van der Waals surface area contributed by atoms with Gasteiger partial charge in [0.2, 0.25) is 11.8 Å². The first-order chi connectivity index (χ1) is 10.2. The van der Waals surface area contributed by atoms with Gasteiger partial charge in [0.25, 0.3) is 0 Å². The van der Waals surface area contributed by atoms with Gasteiger partial charge in [-0.3, -0.25) is 9.59 Å². The highest BCUT2D eigenvalue weighted by molar-refractivity contribution is 5.79. The lowest BCUT2D eigenvalue weighted by Crippen LogP contribution is -2.32. The van der Waals surface area contributed by atoms with Crippen molar-refractivity contribution in [3.63, 3.8) is 0 Å². The van der Waals surface area contributed by atoms with E-state index in [9.17, 15) is 14.0 Å². The SMILES string of the molecule is O=C(CCc1ccccc1F)NCCC(=O)N1CCCC1. The molecule has 1 saturated heterocycles. The number of nitrogens with zero attached hydrogens (tertiary/aromatic N) is 1. The molecule has 1 aromatic carbocycles. The van der Waals surface area contributed by atoms with Gasteiger partial charge < -0.3 is 10.2 Å². The Bertz CT molecular complexity index is 499. The van der Waals surface area contributed by atoms with Crippen molar-refractivity contribution in [3.8, 4) is 0 Å². The molecule has 0 bridgehead atoms. The van der Waals surface area contributed by atoms with Crippen molar-refractivity contribution in [2.45, 2.75) is 32.1 Å². The van der Waals surface area contributed by atoms with E-state index in [1.54, 1.807) is 18.2 Å². The summed E-state index contributed by atoms with van der Waals surface area (Å²) >= 11 is 0. The molecule has 1 aromatic rings. The Morgan fingerprint density at radius 2 is 1.86 bits per heavy atom. The van der Waals surface area contributed by atoms with Crippen molar-refractivity contribution in [2.24, 2.45) is 0 Å². The minimum absolute atomic E-state index is 0.0990. The molecular weight excluding hydrogens is 271 g/mol. The van der Waals surface area contributed by atoms with Crippen molar-refractivity contribution in [1.29, 1.82) is 0 Å². The monoisotopic (exact) mass is 292 g/mol. The second-order valence-corrected chi connectivity index (χ2v) is 5.28. The maximum Gasteiger partial charge on any atom is 0.224 e. The summed E-state index contributed by atoms with van der Waals surface area (Å²) in [5.41, 5.74) is 0.542. The Morgan fingerprint density at radius 3 is 2.57 bits per heavy atom. The van der Waals surface area contributed by atoms with E-state index in [2.05, 4.69) is 5.32 Å². The second-order valence-electron chi connectivity index (χ2n) is 5.28. The van der Waals surface area contributed by atoms with Gasteiger partial charge in [-0.2, -0.15) is 0 Å². The second kappa shape index (κ2) is 7.76. The Balaban J connectivity index is 1.63. The van der Waals surface area contributed by atoms with Crippen LogP contribution in [0.1, 0.15) is 31.2 Å². The minimum atomic E-state index is -0.283. The smallest absolute Gasteiger partial charge is 0.224 e. The average molecular weight is 292 g/mol. The predicted octanol–water partition coefficient (Wildman–Crippen LogP) is 1.89. The molecule has 0 saturated carbocycles. The third-order valence-corrected chi connectivity index (χ3v) is 3.70. The number of carbonyl (C=O) groups excluding carboxylic acids is 2. The molecule has 4 nitrogen and oxygen atoms in total. The molecule has 5 heteroatoms. The topological polar surface area (TPSA) is 49.4 Å². The van der Waals surface area contributed by atoms with E-state index >= 15 is 0 Å². The van der Waals surface area contributed by atoms with Crippen molar-refractivity contribution in [2.75, 3.05) is 19.6 Å². The lowest BCUT2D eigenvalue weighted by Gasteiger charge is -2.15. The van der Waals surface area contributed by atoms with Gasteiger partial charge in [0, 0.05) is 32.5 Å². The van der Waals surface area contributed by atoms with Crippen LogP contribution in [0.4, 0.5) is 4.39 Å². The van der Waals surface area contributed by atoms with Crippen molar-refractivity contribution >= 4 is 11.8 Å². The zero-order valence-electron chi connectivity index (χ0n) is 12.1. The first kappa shape index (κ1) is 15.5. The summed E-state index contributed by atoms with van der Waals surface area (Å²) in [5, 5.41) is 2.72. The number of likely N-dealkylation sites (tertiary alicyclic amines) is 1. The third kappa shape index (κ3) is 4.85. The summed E-state index contributed by atoms with van der Waals surface area (Å²) in [6.07, 6.45) is 3.09. The molecule has 0 aliphatic carbocycles. The molecule has 0 aromatic heterocycles. The number of nitrogens with one attached hydrogen (secondary N) is 1. The van der Waals surface area contributed by atoms with E-state index < -0.39 is 0 Å². The number of carbonyl (C=O) groups is 2. The molecule has 0 radical (unpaired) electrons. The van der Waals surface area contributed by atoms with Crippen LogP contribution in [-0.2, 0) is 16.0 Å². The van der Waals surface area contributed by atoms with Gasteiger partial charge in [-0.15, -0.1) is 0 Å². The van der Waals surface area contributed by atoms with E-state index in [-0.39, 0.29) is 24.1 Å². The Kier molecular flexibility index (Phi) is 5.72. The molecule has 114 valence electrons. The van der Waals surface area contributed by atoms with Gasteiger partial charge in [0.1, 0.15) is 5.82 Å². The fourth-order valence-electron chi connectivity index (χ4n) is 2.47. The van der Waals surface area contributed by atoms with E-state index in [0.717, 1.165) is 25.9 Å². The lowest BCUT2D eigenvalue weighted by molar-refractivity contribution is -0.130. The molecule has 21 heavy (non-hydrogen) atoms. The maximum absolute atomic E-state index is 13.4. The van der Waals surface area contributed by atoms with Gasteiger partial charge in [-0.25, -0.2) is 4.39 Å². The zero-order chi connectivity index (χ0) is 15.1. The van der Waals surface area contributed by atoms with Gasteiger partial charge in [0.05, 0.1) is 0 Å². The first-order valence-electron chi connectivity index (χ1n) is 7.44. The molecule has 0 spiro atoms. The van der Waals surface area contributed by atoms with Crippen molar-refractivity contribution in [3.05, 3.63) is 35.6 Å². The van der Waals surface area contributed by atoms with Crippen molar-refractivity contribution < 1.29 is 14.0 Å². The summed E-state index contributed by atoms with van der Waals surface area (Å²) in [6.45, 7) is 2.02. The van der Waals surface area contributed by atoms with Crippen LogP contribution in [0, 0.1) is 5.82 Å². The molecule has 1 aliphatic rings. The number of halogens is 1. The van der Waals surface area contributed by atoms with Crippen molar-refractivity contribution in [1.82, 2.24) is 10.2 Å². The summed E-state index contributed by atoms with van der Waals surface area (Å²) in [6, 6.07) is 6.45. The number of hydrogen-bond donors (Lipinski definition) is 1. The fourth-order valence-corrected chi connectivity index (χ4v) is 2.47. The van der Waals surface area contributed by atoms with Crippen LogP contribution >= 0.6 is 0 Å². The molecule has 1 aliphatic heterocycles. The Labute approximate surface area is 124 Å². The van der Waals surface area contributed by atoms with Crippen LogP contribution in [0.5, 0.6) is 0 Å². The van der Waals surface area contributed by atoms with Gasteiger partial charge in [0.15, 0.2) is 0 Å². The number of amides is 2. The van der Waals surface area contributed by atoms with Crippen LogP contribution in [0.3, 0.4) is 0 Å². The number of benzene rings is 1. The summed E-state index contributed by atoms with van der Waals surface area (Å²) < 4.78 is 13.4. The van der Waals surface area contributed by atoms with E-state index in [1.807, 2.05) is 4.90 Å². The van der Waals surface area contributed by atoms with Gasteiger partial charge >= 0.3 is 0 Å². The maximum atomic E-state index is 13.4. The fraction of sp³-hybridized carbons (Fsp3) is 0.500. The first-order valence-corrected chi connectivity index (χ1v) is 7.44. The molecule has 1 N–H and O–H groups in total. The molecule has 1 fully saturated rings. The number of hydrogen-bond acceptors (Lipinski definition) is 2. The molecule has 1 heterocycles. The zero-order valence-corrected chi connectivity index (χ0v) is 12.1. The molecular formula is C16H21FN2O2. The molecule has 2 rings (SSSR count). The summed E-state index contributed by atoms with van der Waals surface area (Å²) in [7, 11) is 0. The van der Waals surface area contributed by atoms with Crippen LogP contribution in [-0.4, -0.2) is 36.3 Å². The number of rotatable bonds is 6. The third-order valence-electron chi connectivity index (χ3n) is 3.70. The van der Waals surface area contributed by atoms with Crippen LogP contribution in [0.15, 0.2) is 24.3 Å². The van der Waals surface area contributed by atoms with E-state index in [1.165, 1.54) is 6.07 Å². The normalized spacial score (nSPS) is 14.2. The molecule has 2 amide bonds. The summed E-state index contributed by atoms with van der Waals surface area (Å²) in [4.78, 5) is 25.3. The highest BCUT2D eigenvalue weighted by atomic mass is 19.1. The Morgan fingerprint density at radius 1 is 1.14 bits per heavy atom. The quantitative estimate of drug-likeness (QED) is 0.870. The summed E-state index contributed by atoms with van der Waals surface area (Å²) in [5.74, 6) is -0.330. The van der Waals surface area contributed by atoms with E-state index in [0.29, 0.717) is 24.9 Å². The molecule has 0 unspecified atom stereocenters. The van der Waals surface area contributed by atoms with Crippen LogP contribution < -0.4 is 5.32 Å².